The molecule has 7 nitrogen and oxygen atoms in total. The maximum atomic E-state index is 12.2. The molecule has 1 aliphatic rings. The Labute approximate surface area is 198 Å². The molecule has 0 saturated carbocycles. The van der Waals surface area contributed by atoms with E-state index in [2.05, 4.69) is 22.2 Å². The Morgan fingerprint density at radius 2 is 2.09 bits per heavy atom. The molecule has 0 aliphatic heterocycles. The van der Waals surface area contributed by atoms with Crippen LogP contribution in [0.1, 0.15) is 48.2 Å². The highest BCUT2D eigenvalue weighted by Gasteiger charge is 2.26. The van der Waals surface area contributed by atoms with Gasteiger partial charge in [0.15, 0.2) is 0 Å². The van der Waals surface area contributed by atoms with E-state index in [4.69, 9.17) is 4.74 Å². The Bertz CT molecular complexity index is 1340. The molecule has 172 valence electrons. The minimum Gasteiger partial charge on any atom is -0.477 e. The van der Waals surface area contributed by atoms with Crippen LogP contribution >= 0.6 is 0 Å². The van der Waals surface area contributed by atoms with Crippen molar-refractivity contribution in [3.8, 4) is 11.4 Å². The number of fused-ring (bicyclic) bond motifs is 1. The highest BCUT2D eigenvalue weighted by Crippen LogP contribution is 2.37. The van der Waals surface area contributed by atoms with E-state index in [0.29, 0.717) is 12.2 Å². The van der Waals surface area contributed by atoms with Crippen LogP contribution in [0, 0.1) is 0 Å². The van der Waals surface area contributed by atoms with Gasteiger partial charge in [-0.05, 0) is 60.6 Å². The zero-order valence-corrected chi connectivity index (χ0v) is 19.0. The standard InChI is InChI=1S/C27H26N4O3/c1-2-20-8-5-10-23-22(20)9-6-12-25(23)34-26(27(32)33)31-17-19(16-29-31)15-21-7-3-4-11-24(21)30-14-13-28-18-30/h2-4,6-7,9,11-14,16-18,26H,5,8,10,15H2,1H3,(H,32,33). The highest BCUT2D eigenvalue weighted by atomic mass is 16.5. The van der Waals surface area contributed by atoms with Crippen LogP contribution in [0.3, 0.4) is 0 Å². The third-order valence-electron chi connectivity index (χ3n) is 6.21. The predicted octanol–water partition coefficient (Wildman–Crippen LogP) is 5.06. The van der Waals surface area contributed by atoms with Crippen molar-refractivity contribution in [2.75, 3.05) is 0 Å². The molecular formula is C27H26N4O3. The van der Waals surface area contributed by atoms with Crippen molar-refractivity contribution in [1.29, 1.82) is 0 Å². The summed E-state index contributed by atoms with van der Waals surface area (Å²) in [7, 11) is 0. The van der Waals surface area contributed by atoms with E-state index < -0.39 is 12.2 Å². The Morgan fingerprint density at radius 3 is 2.88 bits per heavy atom. The van der Waals surface area contributed by atoms with Gasteiger partial charge in [-0.25, -0.2) is 14.5 Å². The molecule has 0 fully saturated rings. The molecule has 0 radical (unpaired) electrons. The molecule has 1 unspecified atom stereocenters. The molecule has 7 heteroatoms. The zero-order chi connectivity index (χ0) is 23.5. The first-order valence-electron chi connectivity index (χ1n) is 11.4. The number of ether oxygens (including phenoxy) is 1. The van der Waals surface area contributed by atoms with Gasteiger partial charge in [0.25, 0.3) is 6.23 Å². The number of aliphatic carboxylic acids is 1. The van der Waals surface area contributed by atoms with Gasteiger partial charge in [-0.2, -0.15) is 5.10 Å². The summed E-state index contributed by atoms with van der Waals surface area (Å²) in [6.07, 6.45) is 13.2. The summed E-state index contributed by atoms with van der Waals surface area (Å²) in [5.41, 5.74) is 6.49. The number of imidazole rings is 1. The van der Waals surface area contributed by atoms with Gasteiger partial charge in [-0.1, -0.05) is 36.4 Å². The number of hydrogen-bond donors (Lipinski definition) is 1. The number of benzene rings is 2. The smallest absolute Gasteiger partial charge is 0.368 e. The third-order valence-corrected chi connectivity index (χ3v) is 6.21. The van der Waals surface area contributed by atoms with Crippen LogP contribution < -0.4 is 4.74 Å². The second-order valence-corrected chi connectivity index (χ2v) is 8.36. The van der Waals surface area contributed by atoms with E-state index in [9.17, 15) is 9.90 Å². The molecule has 2 aromatic carbocycles. The summed E-state index contributed by atoms with van der Waals surface area (Å²) >= 11 is 0. The van der Waals surface area contributed by atoms with Crippen LogP contribution in [-0.4, -0.2) is 30.4 Å². The van der Waals surface area contributed by atoms with Gasteiger partial charge in [-0.15, -0.1) is 0 Å². The number of allylic oxidation sites excluding steroid dienone is 2. The molecule has 0 saturated heterocycles. The predicted molar refractivity (Wildman–Crippen MR) is 129 cm³/mol. The Hall–Kier alpha value is -4.13. The average molecular weight is 455 g/mol. The maximum Gasteiger partial charge on any atom is 0.368 e. The number of rotatable bonds is 7. The molecule has 5 rings (SSSR count). The lowest BCUT2D eigenvalue weighted by atomic mass is 9.87. The Morgan fingerprint density at radius 1 is 1.21 bits per heavy atom. The third kappa shape index (κ3) is 4.24. The second kappa shape index (κ2) is 9.39. The summed E-state index contributed by atoms with van der Waals surface area (Å²) in [6.45, 7) is 2.04. The maximum absolute atomic E-state index is 12.2. The van der Waals surface area contributed by atoms with Crippen LogP contribution in [-0.2, 0) is 17.6 Å². The van der Waals surface area contributed by atoms with E-state index in [1.54, 1.807) is 24.9 Å². The van der Waals surface area contributed by atoms with Gasteiger partial charge < -0.3 is 14.4 Å². The topological polar surface area (TPSA) is 82.2 Å². The molecule has 2 heterocycles. The summed E-state index contributed by atoms with van der Waals surface area (Å²) < 4.78 is 9.40. The van der Waals surface area contributed by atoms with E-state index in [1.807, 2.05) is 54.1 Å². The first kappa shape index (κ1) is 21.7. The van der Waals surface area contributed by atoms with Crippen LogP contribution in [0.2, 0.25) is 0 Å². The summed E-state index contributed by atoms with van der Waals surface area (Å²) in [5, 5.41) is 14.3. The number of carbonyl (C=O) groups is 1. The van der Waals surface area contributed by atoms with Crippen molar-refractivity contribution in [3.05, 3.63) is 102 Å². The lowest BCUT2D eigenvalue weighted by Crippen LogP contribution is -2.26. The highest BCUT2D eigenvalue weighted by molar-refractivity contribution is 5.73. The van der Waals surface area contributed by atoms with Gasteiger partial charge in [0.1, 0.15) is 5.75 Å². The fourth-order valence-corrected chi connectivity index (χ4v) is 4.59. The lowest BCUT2D eigenvalue weighted by molar-refractivity contribution is -0.150. The summed E-state index contributed by atoms with van der Waals surface area (Å²) in [5.74, 6) is -0.486. The summed E-state index contributed by atoms with van der Waals surface area (Å²) in [4.78, 5) is 16.3. The molecule has 1 N–H and O–H groups in total. The molecule has 1 aliphatic carbocycles. The van der Waals surface area contributed by atoms with Gasteiger partial charge in [0.2, 0.25) is 0 Å². The monoisotopic (exact) mass is 454 g/mol. The first-order valence-corrected chi connectivity index (χ1v) is 11.4. The molecule has 4 aromatic rings. The van der Waals surface area contributed by atoms with E-state index in [0.717, 1.165) is 47.2 Å². The molecule has 0 amide bonds. The van der Waals surface area contributed by atoms with Gasteiger partial charge >= 0.3 is 5.97 Å². The van der Waals surface area contributed by atoms with Crippen molar-refractivity contribution in [2.24, 2.45) is 0 Å². The molecule has 2 aromatic heterocycles. The van der Waals surface area contributed by atoms with E-state index in [1.165, 1.54) is 10.3 Å². The lowest BCUT2D eigenvalue weighted by Gasteiger charge is -2.24. The Balaban J connectivity index is 1.41. The number of para-hydroxylation sites is 1. The normalized spacial score (nSPS) is 15.1. The number of aromatic nitrogens is 4. The van der Waals surface area contributed by atoms with Crippen LogP contribution in [0.4, 0.5) is 0 Å². The van der Waals surface area contributed by atoms with E-state index >= 15 is 0 Å². The fraction of sp³-hybridized carbons (Fsp3) is 0.222. The van der Waals surface area contributed by atoms with Crippen molar-refractivity contribution < 1.29 is 14.6 Å². The number of nitrogens with zero attached hydrogens (tertiary/aromatic N) is 4. The second-order valence-electron chi connectivity index (χ2n) is 8.36. The first-order chi connectivity index (χ1) is 16.6. The van der Waals surface area contributed by atoms with Gasteiger partial charge in [0.05, 0.1) is 12.5 Å². The number of carboxylic acids is 1. The van der Waals surface area contributed by atoms with Crippen molar-refractivity contribution in [3.63, 3.8) is 0 Å². The molecule has 34 heavy (non-hydrogen) atoms. The zero-order valence-electron chi connectivity index (χ0n) is 19.0. The minimum atomic E-state index is -1.25. The molecular weight excluding hydrogens is 428 g/mol. The SMILES string of the molecule is CC=C1CCCc2c(OC(C(=O)O)n3cc(Cc4ccccc4-n4ccnc4)cn3)cccc21. The largest absolute Gasteiger partial charge is 0.477 e. The van der Waals surface area contributed by atoms with Crippen LogP contribution in [0.5, 0.6) is 5.75 Å². The quantitative estimate of drug-likeness (QED) is 0.422. The fourth-order valence-electron chi connectivity index (χ4n) is 4.59. The molecule has 0 bridgehead atoms. The van der Waals surface area contributed by atoms with E-state index in [-0.39, 0.29) is 0 Å². The molecule has 0 spiro atoms. The molecule has 1 atom stereocenters. The van der Waals surface area contributed by atoms with Crippen LogP contribution in [0.15, 0.2) is 79.7 Å². The summed E-state index contributed by atoms with van der Waals surface area (Å²) in [6, 6.07) is 13.9. The van der Waals surface area contributed by atoms with Gasteiger partial charge in [0, 0.05) is 36.3 Å². The number of carboxylic acid groups (broad SMARTS) is 1. The average Bonchev–Trinajstić information content (AvgIpc) is 3.55. The number of hydrogen-bond acceptors (Lipinski definition) is 4. The van der Waals surface area contributed by atoms with Gasteiger partial charge in [-0.3, -0.25) is 0 Å². The van der Waals surface area contributed by atoms with Crippen LogP contribution in [0.25, 0.3) is 11.3 Å². The van der Waals surface area contributed by atoms with Crippen molar-refractivity contribution in [2.45, 2.75) is 38.8 Å². The van der Waals surface area contributed by atoms with Crippen molar-refractivity contribution >= 4 is 11.5 Å². The van der Waals surface area contributed by atoms with Crippen molar-refractivity contribution in [1.82, 2.24) is 19.3 Å². The Kier molecular flexibility index (Phi) is 5.99. The minimum absolute atomic E-state index is 0.603.